The first-order valence-electron chi connectivity index (χ1n) is 5.34. The molecule has 1 saturated carbocycles. The molecule has 1 fully saturated rings. The van der Waals surface area contributed by atoms with Crippen LogP contribution in [-0.4, -0.2) is 24.2 Å². The van der Waals surface area contributed by atoms with Crippen molar-refractivity contribution in [3.8, 4) is 0 Å². The minimum atomic E-state index is -0.320. The molecule has 0 saturated heterocycles. The first-order chi connectivity index (χ1) is 7.69. The molecule has 0 heterocycles. The lowest BCUT2D eigenvalue weighted by molar-refractivity contribution is -0.123. The van der Waals surface area contributed by atoms with Gasteiger partial charge >= 0.3 is 0 Å². The summed E-state index contributed by atoms with van der Waals surface area (Å²) in [5, 5.41) is 11.4. The summed E-state index contributed by atoms with van der Waals surface area (Å²) in [6.45, 7) is 0.333. The summed E-state index contributed by atoms with van der Waals surface area (Å²) >= 11 is 2.25. The molecule has 1 aromatic rings. The molecule has 0 spiro atoms. The molecule has 0 aliphatic heterocycles. The molecule has 86 valence electrons. The van der Waals surface area contributed by atoms with Crippen molar-refractivity contribution in [2.45, 2.75) is 18.3 Å². The Bertz CT molecular complexity index is 385. The molecule has 1 amide bonds. The number of nitrogens with one attached hydrogen (secondary N) is 1. The van der Waals surface area contributed by atoms with E-state index < -0.39 is 0 Å². The van der Waals surface area contributed by atoms with E-state index in [2.05, 4.69) is 27.9 Å². The molecule has 0 radical (unpaired) electrons. The predicted molar refractivity (Wildman–Crippen MR) is 70.2 cm³/mol. The number of rotatable bonds is 4. The second-order valence-corrected chi connectivity index (χ2v) is 5.31. The van der Waals surface area contributed by atoms with Gasteiger partial charge in [-0.2, -0.15) is 0 Å². The minimum Gasteiger partial charge on any atom is -0.395 e. The topological polar surface area (TPSA) is 49.3 Å². The van der Waals surface area contributed by atoms with E-state index in [1.807, 2.05) is 24.3 Å². The van der Waals surface area contributed by atoms with Crippen molar-refractivity contribution in [3.63, 3.8) is 0 Å². The van der Waals surface area contributed by atoms with Gasteiger partial charge in [0, 0.05) is 10.1 Å². The zero-order valence-corrected chi connectivity index (χ0v) is 11.0. The molecule has 0 bridgehead atoms. The van der Waals surface area contributed by atoms with Crippen LogP contribution >= 0.6 is 22.6 Å². The number of hydrogen-bond donors (Lipinski definition) is 2. The third-order valence-corrected chi connectivity index (χ3v) is 3.70. The normalized spacial score (nSPS) is 16.9. The van der Waals surface area contributed by atoms with Crippen LogP contribution in [0.1, 0.15) is 18.4 Å². The van der Waals surface area contributed by atoms with Crippen molar-refractivity contribution in [3.05, 3.63) is 33.4 Å². The molecule has 1 aliphatic carbocycles. The number of aliphatic hydroxyl groups excluding tert-OH is 1. The number of carbonyl (C=O) groups is 1. The van der Waals surface area contributed by atoms with Crippen molar-refractivity contribution in [2.24, 2.45) is 0 Å². The number of hydrogen-bond acceptors (Lipinski definition) is 2. The molecule has 0 atom stereocenters. The molecular formula is C12H14INO2. The Morgan fingerprint density at radius 2 is 2.00 bits per heavy atom. The van der Waals surface area contributed by atoms with Gasteiger partial charge in [-0.25, -0.2) is 0 Å². The van der Waals surface area contributed by atoms with Crippen LogP contribution in [0.2, 0.25) is 0 Å². The third kappa shape index (κ3) is 2.22. The van der Waals surface area contributed by atoms with Gasteiger partial charge in [-0.15, -0.1) is 0 Å². The smallest absolute Gasteiger partial charge is 0.230 e. The van der Waals surface area contributed by atoms with Gasteiger partial charge in [0.25, 0.3) is 0 Å². The van der Waals surface area contributed by atoms with Crippen molar-refractivity contribution < 1.29 is 9.90 Å². The predicted octanol–water partition coefficient (Wildman–Crippen LogP) is 1.43. The molecule has 1 aliphatic rings. The van der Waals surface area contributed by atoms with Gasteiger partial charge < -0.3 is 10.4 Å². The number of halogens is 1. The molecule has 2 rings (SSSR count). The van der Waals surface area contributed by atoms with Crippen LogP contribution in [0, 0.1) is 3.57 Å². The number of aliphatic hydroxyl groups is 1. The molecule has 0 aromatic heterocycles. The van der Waals surface area contributed by atoms with E-state index in [9.17, 15) is 4.79 Å². The van der Waals surface area contributed by atoms with Gasteiger partial charge in [-0.05, 0) is 53.1 Å². The standard InChI is InChI=1S/C12H14INO2/c13-10-3-1-9(2-4-10)12(5-6-12)11(16)14-7-8-15/h1-4,15H,5-8H2,(H,14,16). The fraction of sp³-hybridized carbons (Fsp3) is 0.417. The maximum Gasteiger partial charge on any atom is 0.230 e. The molecule has 4 heteroatoms. The molecular weight excluding hydrogens is 317 g/mol. The highest BCUT2D eigenvalue weighted by atomic mass is 127. The first kappa shape index (κ1) is 11.9. The lowest BCUT2D eigenvalue weighted by atomic mass is 9.95. The number of benzene rings is 1. The summed E-state index contributed by atoms with van der Waals surface area (Å²) in [5.74, 6) is 0.0442. The van der Waals surface area contributed by atoms with Crippen LogP contribution < -0.4 is 5.32 Å². The molecule has 2 N–H and O–H groups in total. The third-order valence-electron chi connectivity index (χ3n) is 2.98. The fourth-order valence-electron chi connectivity index (χ4n) is 1.88. The summed E-state index contributed by atoms with van der Waals surface area (Å²) in [7, 11) is 0. The summed E-state index contributed by atoms with van der Waals surface area (Å²) in [6.07, 6.45) is 1.82. The quantitative estimate of drug-likeness (QED) is 0.820. The number of amides is 1. The average molecular weight is 331 g/mol. The van der Waals surface area contributed by atoms with E-state index in [0.29, 0.717) is 6.54 Å². The molecule has 3 nitrogen and oxygen atoms in total. The van der Waals surface area contributed by atoms with Crippen LogP contribution in [0.3, 0.4) is 0 Å². The fourth-order valence-corrected chi connectivity index (χ4v) is 2.24. The van der Waals surface area contributed by atoms with E-state index in [4.69, 9.17) is 5.11 Å². The molecule has 0 unspecified atom stereocenters. The van der Waals surface area contributed by atoms with Gasteiger partial charge in [0.05, 0.1) is 12.0 Å². The summed E-state index contributed by atoms with van der Waals surface area (Å²) in [6, 6.07) is 8.09. The van der Waals surface area contributed by atoms with Crippen LogP contribution in [0.5, 0.6) is 0 Å². The van der Waals surface area contributed by atoms with Crippen molar-refractivity contribution in [1.29, 1.82) is 0 Å². The Morgan fingerprint density at radius 1 is 1.38 bits per heavy atom. The average Bonchev–Trinajstić information content (AvgIpc) is 3.08. The summed E-state index contributed by atoms with van der Waals surface area (Å²) in [5.41, 5.74) is 0.767. The Balaban J connectivity index is 2.13. The second-order valence-electron chi connectivity index (χ2n) is 4.07. The van der Waals surface area contributed by atoms with Gasteiger partial charge in [0.15, 0.2) is 0 Å². The van der Waals surface area contributed by atoms with Crippen LogP contribution in [0.25, 0.3) is 0 Å². The minimum absolute atomic E-state index is 0.00545. The van der Waals surface area contributed by atoms with E-state index in [0.717, 1.165) is 18.4 Å². The van der Waals surface area contributed by atoms with E-state index in [-0.39, 0.29) is 17.9 Å². The molecule has 16 heavy (non-hydrogen) atoms. The lowest BCUT2D eigenvalue weighted by Gasteiger charge is -2.15. The highest BCUT2D eigenvalue weighted by Gasteiger charge is 2.50. The van der Waals surface area contributed by atoms with Gasteiger partial charge in [-0.3, -0.25) is 4.79 Å². The maximum atomic E-state index is 11.9. The second kappa shape index (κ2) is 4.71. The highest BCUT2D eigenvalue weighted by molar-refractivity contribution is 14.1. The van der Waals surface area contributed by atoms with Gasteiger partial charge in [0.1, 0.15) is 0 Å². The summed E-state index contributed by atoms with van der Waals surface area (Å²) in [4.78, 5) is 11.9. The summed E-state index contributed by atoms with van der Waals surface area (Å²) < 4.78 is 1.17. The van der Waals surface area contributed by atoms with Crippen LogP contribution in [-0.2, 0) is 10.2 Å². The maximum absolute atomic E-state index is 11.9. The largest absolute Gasteiger partial charge is 0.395 e. The number of carbonyl (C=O) groups excluding carboxylic acids is 1. The highest BCUT2D eigenvalue weighted by Crippen LogP contribution is 2.48. The van der Waals surface area contributed by atoms with Crippen LogP contribution in [0.4, 0.5) is 0 Å². The van der Waals surface area contributed by atoms with Crippen LogP contribution in [0.15, 0.2) is 24.3 Å². The van der Waals surface area contributed by atoms with E-state index >= 15 is 0 Å². The molecule has 1 aromatic carbocycles. The first-order valence-corrected chi connectivity index (χ1v) is 6.42. The van der Waals surface area contributed by atoms with Gasteiger partial charge in [0.2, 0.25) is 5.91 Å². The SMILES string of the molecule is O=C(NCCO)C1(c2ccc(I)cc2)CC1. The zero-order chi connectivity index (χ0) is 11.6. The monoisotopic (exact) mass is 331 g/mol. The van der Waals surface area contributed by atoms with Gasteiger partial charge in [-0.1, -0.05) is 12.1 Å². The van der Waals surface area contributed by atoms with E-state index in [1.165, 1.54) is 3.57 Å². The van der Waals surface area contributed by atoms with Crippen molar-refractivity contribution in [2.75, 3.05) is 13.2 Å². The Hall–Kier alpha value is -0.620. The van der Waals surface area contributed by atoms with Crippen molar-refractivity contribution >= 4 is 28.5 Å². The Morgan fingerprint density at radius 3 is 2.50 bits per heavy atom. The van der Waals surface area contributed by atoms with E-state index in [1.54, 1.807) is 0 Å². The van der Waals surface area contributed by atoms with Crippen molar-refractivity contribution in [1.82, 2.24) is 5.32 Å². The zero-order valence-electron chi connectivity index (χ0n) is 8.87. The Labute approximate surface area is 108 Å². The lowest BCUT2D eigenvalue weighted by Crippen LogP contribution is -2.36. The Kier molecular flexibility index (Phi) is 3.49.